The summed E-state index contributed by atoms with van der Waals surface area (Å²) in [7, 11) is -0.445. The summed E-state index contributed by atoms with van der Waals surface area (Å²) in [5.41, 5.74) is 0. The van der Waals surface area contributed by atoms with Crippen LogP contribution in [0.25, 0.3) is 0 Å². The topological polar surface area (TPSA) is 0 Å². The third-order valence-electron chi connectivity index (χ3n) is 1.43. The summed E-state index contributed by atoms with van der Waals surface area (Å²) >= 11 is 0. The van der Waals surface area contributed by atoms with Crippen LogP contribution in [0, 0.1) is 0 Å². The molecule has 0 amide bonds. The number of hydrogen-bond acceptors (Lipinski definition) is 0. The second-order valence-corrected chi connectivity index (χ2v) is 8.75. The Morgan fingerprint density at radius 2 is 1.56 bits per heavy atom. The largest absolute Gasteiger partial charge is 0.0654 e. The fraction of sp³-hybridized carbons (Fsp3) is 1.00. The Morgan fingerprint density at radius 3 is 1.89 bits per heavy atom. The third-order valence-corrected chi connectivity index (χ3v) is 3.09. The molecule has 9 heavy (non-hydrogen) atoms. The molecule has 0 aliphatic carbocycles. The summed E-state index contributed by atoms with van der Waals surface area (Å²) in [6, 6.07) is 0. The standard InChI is InChI=1S/C8H20P/c1-5-6-7-8-9(2,3)4/h5-8H2,1-4H3/q+1. The van der Waals surface area contributed by atoms with Crippen molar-refractivity contribution in [2.45, 2.75) is 26.2 Å². The van der Waals surface area contributed by atoms with Gasteiger partial charge in [0, 0.05) is 27.3 Å². The molecular weight excluding hydrogens is 127 g/mol. The van der Waals surface area contributed by atoms with Crippen molar-refractivity contribution in [3.05, 3.63) is 0 Å². The lowest BCUT2D eigenvalue weighted by atomic mass is 10.3. The van der Waals surface area contributed by atoms with Crippen LogP contribution in [-0.4, -0.2) is 26.2 Å². The van der Waals surface area contributed by atoms with Crippen LogP contribution in [-0.2, 0) is 0 Å². The van der Waals surface area contributed by atoms with Crippen LogP contribution in [0.15, 0.2) is 0 Å². The highest BCUT2D eigenvalue weighted by Gasteiger charge is 2.14. The number of hydrogen-bond donors (Lipinski definition) is 0. The van der Waals surface area contributed by atoms with Gasteiger partial charge in [-0.2, -0.15) is 0 Å². The molecule has 0 nitrogen and oxygen atoms in total. The Labute approximate surface area is 60.4 Å². The Hall–Kier alpha value is 0.430. The summed E-state index contributed by atoms with van der Waals surface area (Å²) in [6.07, 6.45) is 5.73. The van der Waals surface area contributed by atoms with Crippen LogP contribution in [0.5, 0.6) is 0 Å². The van der Waals surface area contributed by atoms with Crippen molar-refractivity contribution in [3.63, 3.8) is 0 Å². The number of rotatable bonds is 4. The van der Waals surface area contributed by atoms with E-state index in [0.29, 0.717) is 0 Å². The van der Waals surface area contributed by atoms with Crippen molar-refractivity contribution in [2.24, 2.45) is 0 Å². The van der Waals surface area contributed by atoms with E-state index in [1.807, 2.05) is 0 Å². The fourth-order valence-electron chi connectivity index (χ4n) is 0.836. The summed E-state index contributed by atoms with van der Waals surface area (Å²) < 4.78 is 0. The first-order valence-corrected chi connectivity index (χ1v) is 7.18. The fourth-order valence-corrected chi connectivity index (χ4v) is 2.01. The Kier molecular flexibility index (Phi) is 4.48. The van der Waals surface area contributed by atoms with Gasteiger partial charge in [-0.05, 0) is 6.42 Å². The van der Waals surface area contributed by atoms with Gasteiger partial charge in [-0.1, -0.05) is 19.8 Å². The molecule has 0 heterocycles. The second kappa shape index (κ2) is 4.28. The second-order valence-electron chi connectivity index (χ2n) is 3.72. The Bertz CT molecular complexity index is 61.5. The van der Waals surface area contributed by atoms with E-state index in [1.54, 1.807) is 0 Å². The first kappa shape index (κ1) is 9.43. The normalized spacial score (nSPS) is 12.0. The molecule has 0 N–H and O–H groups in total. The van der Waals surface area contributed by atoms with E-state index < -0.39 is 7.26 Å². The molecule has 0 aromatic rings. The van der Waals surface area contributed by atoms with Gasteiger partial charge in [-0.25, -0.2) is 0 Å². The molecule has 0 aromatic carbocycles. The van der Waals surface area contributed by atoms with E-state index >= 15 is 0 Å². The lowest BCUT2D eigenvalue weighted by Gasteiger charge is -2.10. The zero-order chi connectivity index (χ0) is 7.33. The summed E-state index contributed by atoms with van der Waals surface area (Å²) in [6.45, 7) is 9.52. The first-order chi connectivity index (χ1) is 4.06. The van der Waals surface area contributed by atoms with E-state index in [4.69, 9.17) is 0 Å². The van der Waals surface area contributed by atoms with Crippen LogP contribution < -0.4 is 0 Å². The smallest absolute Gasteiger partial charge is 0.0586 e. The molecule has 0 fully saturated rings. The summed E-state index contributed by atoms with van der Waals surface area (Å²) in [5, 5.41) is 0. The highest BCUT2D eigenvalue weighted by atomic mass is 31.2. The van der Waals surface area contributed by atoms with Gasteiger partial charge < -0.3 is 0 Å². The van der Waals surface area contributed by atoms with Gasteiger partial charge in [-0.15, -0.1) is 0 Å². The molecule has 0 aliphatic heterocycles. The molecule has 0 bridgehead atoms. The van der Waals surface area contributed by atoms with E-state index in [-0.39, 0.29) is 0 Å². The van der Waals surface area contributed by atoms with Crippen LogP contribution in [0.3, 0.4) is 0 Å². The van der Waals surface area contributed by atoms with Crippen LogP contribution >= 0.6 is 7.26 Å². The zero-order valence-corrected chi connectivity index (χ0v) is 8.17. The minimum atomic E-state index is -0.445. The van der Waals surface area contributed by atoms with Crippen molar-refractivity contribution in [1.82, 2.24) is 0 Å². The zero-order valence-electron chi connectivity index (χ0n) is 7.28. The van der Waals surface area contributed by atoms with E-state index in [9.17, 15) is 0 Å². The molecule has 56 valence electrons. The van der Waals surface area contributed by atoms with Crippen LogP contribution in [0.1, 0.15) is 26.2 Å². The molecule has 0 saturated heterocycles. The maximum absolute atomic E-state index is 2.42. The van der Waals surface area contributed by atoms with Crippen molar-refractivity contribution in [3.8, 4) is 0 Å². The molecule has 0 spiro atoms. The summed E-state index contributed by atoms with van der Waals surface area (Å²) in [4.78, 5) is 0. The van der Waals surface area contributed by atoms with Gasteiger partial charge in [0.2, 0.25) is 0 Å². The maximum Gasteiger partial charge on any atom is 0.0586 e. The third kappa shape index (κ3) is 8.43. The molecule has 0 atom stereocenters. The van der Waals surface area contributed by atoms with Gasteiger partial charge in [0.1, 0.15) is 0 Å². The predicted octanol–water partition coefficient (Wildman–Crippen LogP) is 3.08. The Morgan fingerprint density at radius 1 is 1.00 bits per heavy atom. The monoisotopic (exact) mass is 147 g/mol. The highest BCUT2D eigenvalue weighted by molar-refractivity contribution is 7.73. The average molecular weight is 147 g/mol. The van der Waals surface area contributed by atoms with Crippen molar-refractivity contribution in [2.75, 3.05) is 26.2 Å². The quantitative estimate of drug-likeness (QED) is 0.423. The first-order valence-electron chi connectivity index (χ1n) is 3.86. The van der Waals surface area contributed by atoms with Crippen molar-refractivity contribution < 1.29 is 0 Å². The SMILES string of the molecule is CCCCC[P+](C)(C)C. The molecule has 0 radical (unpaired) electrons. The van der Waals surface area contributed by atoms with Crippen LogP contribution in [0.4, 0.5) is 0 Å². The molecule has 0 saturated carbocycles. The molecule has 0 aromatic heterocycles. The van der Waals surface area contributed by atoms with E-state index in [0.717, 1.165) is 0 Å². The van der Waals surface area contributed by atoms with Crippen molar-refractivity contribution in [1.29, 1.82) is 0 Å². The molecular formula is C8H20P+. The highest BCUT2D eigenvalue weighted by Crippen LogP contribution is 2.47. The number of unbranched alkanes of at least 4 members (excludes halogenated alkanes) is 2. The van der Waals surface area contributed by atoms with Gasteiger partial charge >= 0.3 is 0 Å². The van der Waals surface area contributed by atoms with Crippen molar-refractivity contribution >= 4 is 7.26 Å². The van der Waals surface area contributed by atoms with E-state index in [1.165, 1.54) is 25.4 Å². The maximum atomic E-state index is 2.42. The summed E-state index contributed by atoms with van der Waals surface area (Å²) in [5.74, 6) is 0. The van der Waals surface area contributed by atoms with E-state index in [2.05, 4.69) is 26.9 Å². The minimum Gasteiger partial charge on any atom is -0.0654 e. The lowest BCUT2D eigenvalue weighted by molar-refractivity contribution is 0.775. The molecule has 0 unspecified atom stereocenters. The average Bonchev–Trinajstić information content (AvgIpc) is 1.63. The molecule has 1 heteroatoms. The van der Waals surface area contributed by atoms with Gasteiger partial charge in [0.05, 0.1) is 6.16 Å². The Balaban J connectivity index is 3.07. The van der Waals surface area contributed by atoms with Gasteiger partial charge in [0.15, 0.2) is 0 Å². The van der Waals surface area contributed by atoms with Gasteiger partial charge in [-0.3, -0.25) is 0 Å². The lowest BCUT2D eigenvalue weighted by Crippen LogP contribution is -1.91. The van der Waals surface area contributed by atoms with Crippen LogP contribution in [0.2, 0.25) is 0 Å². The molecule has 0 rings (SSSR count). The predicted molar refractivity (Wildman–Crippen MR) is 49.1 cm³/mol. The molecule has 0 aliphatic rings. The minimum absolute atomic E-state index is 0.445. The van der Waals surface area contributed by atoms with Gasteiger partial charge in [0.25, 0.3) is 0 Å².